The molecule has 0 aliphatic heterocycles. The molecule has 0 bridgehead atoms. The minimum absolute atomic E-state index is 0.862. The van der Waals surface area contributed by atoms with Crippen LogP contribution in [0.3, 0.4) is 0 Å². The molecule has 11 aromatic rings. The lowest BCUT2D eigenvalue weighted by Gasteiger charge is -2.16. The Morgan fingerprint density at radius 3 is 1.33 bits per heavy atom. The van der Waals surface area contributed by atoms with Gasteiger partial charge in [0.25, 0.3) is 0 Å². The second-order valence-corrected chi connectivity index (χ2v) is 17.4. The number of aromatic nitrogens is 1. The first-order valence-corrected chi connectivity index (χ1v) is 22.3. The molecule has 1 heterocycles. The fourth-order valence-electron chi connectivity index (χ4n) is 10.6. The van der Waals surface area contributed by atoms with Crippen molar-refractivity contribution in [3.05, 3.63) is 245 Å². The molecule has 0 saturated heterocycles. The number of terminal acetylenes is 2. The fourth-order valence-corrected chi connectivity index (χ4v) is 10.6. The van der Waals surface area contributed by atoms with Crippen molar-refractivity contribution in [1.82, 2.24) is 4.98 Å². The van der Waals surface area contributed by atoms with Crippen molar-refractivity contribution >= 4 is 55.6 Å². The molecule has 0 fully saturated rings. The van der Waals surface area contributed by atoms with Crippen LogP contribution in [0.25, 0.3) is 112 Å². The van der Waals surface area contributed by atoms with Gasteiger partial charge in [-0.05, 0) is 171 Å². The molecule has 0 amide bonds. The first kappa shape index (κ1) is 37.5. The minimum Gasteiger partial charge on any atom is -0.248 e. The summed E-state index contributed by atoms with van der Waals surface area (Å²) in [5.74, 6) is 5.63. The molecular weight excluding hydrogens is 795 g/mol. The van der Waals surface area contributed by atoms with Crippen LogP contribution >= 0.6 is 0 Å². The zero-order valence-electron chi connectivity index (χ0n) is 35.8. The summed E-state index contributed by atoms with van der Waals surface area (Å²) < 4.78 is 0. The fraction of sp³-hybridized carbons (Fsp3) is 0. The molecule has 66 heavy (non-hydrogen) atoms. The van der Waals surface area contributed by atoms with Crippen LogP contribution in [0.1, 0.15) is 44.5 Å². The van der Waals surface area contributed by atoms with E-state index in [0.717, 1.165) is 50.3 Å². The largest absolute Gasteiger partial charge is 0.248 e. The van der Waals surface area contributed by atoms with Gasteiger partial charge < -0.3 is 0 Å². The van der Waals surface area contributed by atoms with Crippen molar-refractivity contribution in [2.75, 3.05) is 0 Å². The first-order valence-electron chi connectivity index (χ1n) is 22.3. The molecule has 13 rings (SSSR count). The summed E-state index contributed by atoms with van der Waals surface area (Å²) in [6, 6.07) is 72.3. The predicted octanol–water partition coefficient (Wildman–Crippen LogP) is 16.1. The van der Waals surface area contributed by atoms with Crippen LogP contribution < -0.4 is 0 Å². The maximum Gasteiger partial charge on any atom is 0.0715 e. The summed E-state index contributed by atoms with van der Waals surface area (Å²) in [6.07, 6.45) is 16.2. The number of fused-ring (bicyclic) bond motifs is 6. The van der Waals surface area contributed by atoms with Crippen LogP contribution in [-0.4, -0.2) is 4.98 Å². The Kier molecular flexibility index (Phi) is 8.41. The number of hydrogen-bond acceptors (Lipinski definition) is 1. The third kappa shape index (κ3) is 5.96. The van der Waals surface area contributed by atoms with Crippen molar-refractivity contribution in [1.29, 1.82) is 0 Å². The van der Waals surface area contributed by atoms with Crippen molar-refractivity contribution in [2.45, 2.75) is 0 Å². The predicted molar refractivity (Wildman–Crippen MR) is 278 cm³/mol. The highest BCUT2D eigenvalue weighted by molar-refractivity contribution is 6.25. The number of rotatable bonds is 5. The molecular formula is C65H37N. The quantitative estimate of drug-likeness (QED) is 0.124. The normalized spacial score (nSPS) is 13.5. The lowest BCUT2D eigenvalue weighted by Crippen LogP contribution is -1.94. The van der Waals surface area contributed by atoms with E-state index in [1.807, 2.05) is 24.3 Å². The Labute approximate surface area is 384 Å². The Morgan fingerprint density at radius 1 is 0.333 bits per heavy atom. The number of hydrogen-bond donors (Lipinski definition) is 0. The highest BCUT2D eigenvalue weighted by Crippen LogP contribution is 2.49. The van der Waals surface area contributed by atoms with Gasteiger partial charge in [-0.3, -0.25) is 0 Å². The van der Waals surface area contributed by atoms with E-state index in [-0.39, 0.29) is 0 Å². The van der Waals surface area contributed by atoms with E-state index >= 15 is 0 Å². The zero-order valence-corrected chi connectivity index (χ0v) is 35.8. The Balaban J connectivity index is 1.03. The van der Waals surface area contributed by atoms with Gasteiger partial charge in [-0.1, -0.05) is 164 Å². The summed E-state index contributed by atoms with van der Waals surface area (Å²) in [5.41, 5.74) is 22.1. The van der Waals surface area contributed by atoms with Gasteiger partial charge >= 0.3 is 0 Å². The van der Waals surface area contributed by atoms with Crippen LogP contribution in [-0.2, 0) is 0 Å². The van der Waals surface area contributed by atoms with Crippen molar-refractivity contribution in [3.8, 4) is 80.6 Å². The lowest BCUT2D eigenvalue weighted by atomic mass is 9.89. The first-order chi connectivity index (χ1) is 32.6. The standard InChI is InChI=1S/C65H37N/c1-3-40-12-9-14-42(32-40)34-58-53-20-7-5-18-51(53)55-29-26-47(36-60(55)58)62-38-49(50-28-24-46-23-22-44-16-11-17-45-25-31-57(50)65(46)64(44)45)39-63(66-62)48-27-30-56-52-19-6-8-21-54(52)59(61(56)37-48)35-43-15-10-13-41(4-2)33-43/h1-2,5-39H/b58-34+,59-35+. The number of nitrogens with zero attached hydrogens (tertiary/aromatic N) is 1. The monoisotopic (exact) mass is 831 g/mol. The van der Waals surface area contributed by atoms with Gasteiger partial charge in [0, 0.05) is 22.3 Å². The van der Waals surface area contributed by atoms with Crippen molar-refractivity contribution < 1.29 is 0 Å². The van der Waals surface area contributed by atoms with E-state index in [4.69, 9.17) is 17.8 Å². The SMILES string of the molecule is C#Cc1cccc(/C=C2\c3ccccc3-c3ccc(-c4cc(-c5ccc6ccc7cccc8ccc5c6c78)cc(-c5ccc6c(c5)/C(=C/c5cccc(C#C)c5)c5ccccc5-6)n4)cc32)c1. The molecule has 0 spiro atoms. The van der Waals surface area contributed by atoms with Crippen LogP contribution in [0.2, 0.25) is 0 Å². The second-order valence-electron chi connectivity index (χ2n) is 17.4. The van der Waals surface area contributed by atoms with Gasteiger partial charge in [-0.25, -0.2) is 4.98 Å². The Morgan fingerprint density at radius 2 is 0.788 bits per heavy atom. The maximum absolute atomic E-state index is 5.85. The molecule has 1 heteroatoms. The van der Waals surface area contributed by atoms with E-state index in [0.29, 0.717) is 0 Å². The highest BCUT2D eigenvalue weighted by Gasteiger charge is 2.26. The molecule has 1 nitrogen and oxygen atoms in total. The molecule has 0 N–H and O–H groups in total. The van der Waals surface area contributed by atoms with E-state index < -0.39 is 0 Å². The topological polar surface area (TPSA) is 12.9 Å². The van der Waals surface area contributed by atoms with E-state index in [9.17, 15) is 0 Å². The van der Waals surface area contributed by atoms with Crippen molar-refractivity contribution in [2.24, 2.45) is 0 Å². The number of pyridine rings is 1. The van der Waals surface area contributed by atoms with Crippen molar-refractivity contribution in [3.63, 3.8) is 0 Å². The minimum atomic E-state index is 0.862. The van der Waals surface area contributed by atoms with E-state index in [1.54, 1.807) is 0 Å². The summed E-state index contributed by atoms with van der Waals surface area (Å²) in [7, 11) is 0. The molecule has 1 aromatic heterocycles. The lowest BCUT2D eigenvalue weighted by molar-refractivity contribution is 1.32. The van der Waals surface area contributed by atoms with Gasteiger partial charge in [0.15, 0.2) is 0 Å². The molecule has 2 aliphatic rings. The van der Waals surface area contributed by atoms with Crippen LogP contribution in [0, 0.1) is 24.7 Å². The molecule has 2 aliphatic carbocycles. The van der Waals surface area contributed by atoms with Gasteiger partial charge in [0.2, 0.25) is 0 Å². The summed E-state index contributed by atoms with van der Waals surface area (Å²) >= 11 is 0. The smallest absolute Gasteiger partial charge is 0.0715 e. The molecule has 302 valence electrons. The second kappa shape index (κ2) is 14.8. The third-order valence-corrected chi connectivity index (χ3v) is 13.6. The maximum atomic E-state index is 5.85. The number of benzene rings is 10. The third-order valence-electron chi connectivity index (χ3n) is 13.6. The van der Waals surface area contributed by atoms with Gasteiger partial charge in [-0.2, -0.15) is 0 Å². The summed E-state index contributed by atoms with van der Waals surface area (Å²) in [5, 5.41) is 7.57. The van der Waals surface area contributed by atoms with Gasteiger partial charge in [0.1, 0.15) is 0 Å². The summed E-state index contributed by atoms with van der Waals surface area (Å²) in [6.45, 7) is 0. The molecule has 0 saturated carbocycles. The Bertz CT molecular complexity index is 3810. The molecule has 0 atom stereocenters. The van der Waals surface area contributed by atoms with Crippen LogP contribution in [0.4, 0.5) is 0 Å². The highest BCUT2D eigenvalue weighted by atomic mass is 14.7. The molecule has 10 aromatic carbocycles. The van der Waals surface area contributed by atoms with Gasteiger partial charge in [0.05, 0.1) is 11.4 Å². The van der Waals surface area contributed by atoms with Crippen LogP contribution in [0.15, 0.2) is 200 Å². The molecule has 0 unspecified atom stereocenters. The summed E-state index contributed by atoms with van der Waals surface area (Å²) in [4.78, 5) is 5.59. The average Bonchev–Trinajstić information content (AvgIpc) is 3.86. The average molecular weight is 832 g/mol. The van der Waals surface area contributed by atoms with Crippen LogP contribution in [0.5, 0.6) is 0 Å². The zero-order chi connectivity index (χ0) is 43.9. The molecule has 0 radical (unpaired) electrons. The van der Waals surface area contributed by atoms with Gasteiger partial charge in [-0.15, -0.1) is 12.8 Å². The Hall–Kier alpha value is -9.01. The van der Waals surface area contributed by atoms with E-state index in [2.05, 4.69) is 200 Å². The van der Waals surface area contributed by atoms with E-state index in [1.165, 1.54) is 93.5 Å².